The van der Waals surface area contributed by atoms with E-state index in [9.17, 15) is 24.3 Å². The summed E-state index contributed by atoms with van der Waals surface area (Å²) in [5, 5.41) is 22.9. The van der Waals surface area contributed by atoms with Gasteiger partial charge in [0.15, 0.2) is 11.6 Å². The zero-order chi connectivity index (χ0) is 36.4. The van der Waals surface area contributed by atoms with Crippen molar-refractivity contribution in [2.75, 3.05) is 7.05 Å². The predicted octanol–water partition coefficient (Wildman–Crippen LogP) is 5.91. The number of rotatable bonds is 9. The van der Waals surface area contributed by atoms with Crippen molar-refractivity contribution in [2.45, 2.75) is 38.3 Å². The summed E-state index contributed by atoms with van der Waals surface area (Å²) in [4.78, 5) is 53.9. The van der Waals surface area contributed by atoms with Crippen LogP contribution in [0.2, 0.25) is 5.02 Å². The molecule has 258 valence electrons. The number of nitrogens with one attached hydrogen (secondary N) is 1. The molecule has 1 aliphatic heterocycles. The number of nitrogens with zero attached hydrogens (tertiary/aromatic N) is 5. The third-order valence-corrected chi connectivity index (χ3v) is 9.22. The van der Waals surface area contributed by atoms with E-state index in [4.69, 9.17) is 11.6 Å². The second-order valence-electron chi connectivity index (χ2n) is 12.7. The van der Waals surface area contributed by atoms with Crippen LogP contribution in [0.4, 0.5) is 4.39 Å². The maximum Gasteiger partial charge on any atom is 0.335 e. The van der Waals surface area contributed by atoms with Crippen LogP contribution in [-0.4, -0.2) is 66.4 Å². The highest BCUT2D eigenvalue weighted by atomic mass is 35.5. The van der Waals surface area contributed by atoms with E-state index in [0.717, 1.165) is 16.7 Å². The monoisotopic (exact) mass is 706 g/mol. The van der Waals surface area contributed by atoms with E-state index in [2.05, 4.69) is 20.8 Å². The molecule has 1 atom stereocenters. The van der Waals surface area contributed by atoms with Crippen molar-refractivity contribution in [3.8, 4) is 16.8 Å². The van der Waals surface area contributed by atoms with Crippen molar-refractivity contribution in [1.29, 1.82) is 0 Å². The Labute approximate surface area is 297 Å². The molecule has 2 heterocycles. The molecule has 0 fully saturated rings. The Kier molecular flexibility index (Phi) is 9.62. The van der Waals surface area contributed by atoms with Crippen LogP contribution in [0.3, 0.4) is 0 Å². The van der Waals surface area contributed by atoms with E-state index in [1.54, 1.807) is 31.3 Å². The molecule has 2 N–H and O–H groups in total. The van der Waals surface area contributed by atoms with E-state index < -0.39 is 29.3 Å². The van der Waals surface area contributed by atoms with Gasteiger partial charge in [-0.3, -0.25) is 14.4 Å². The Balaban J connectivity index is 1.44. The van der Waals surface area contributed by atoms with Crippen LogP contribution in [0.1, 0.15) is 62.9 Å². The van der Waals surface area contributed by atoms with Gasteiger partial charge < -0.3 is 15.3 Å². The van der Waals surface area contributed by atoms with Gasteiger partial charge in [0.2, 0.25) is 5.91 Å². The van der Waals surface area contributed by atoms with Crippen LogP contribution in [-0.2, 0) is 22.4 Å². The smallest absolute Gasteiger partial charge is 0.335 e. The molecule has 0 bridgehead atoms. The van der Waals surface area contributed by atoms with Crippen molar-refractivity contribution in [3.63, 3.8) is 0 Å². The topological polar surface area (TPSA) is 147 Å². The summed E-state index contributed by atoms with van der Waals surface area (Å²) >= 11 is 6.12. The molecule has 0 radical (unpaired) electrons. The lowest BCUT2D eigenvalue weighted by molar-refractivity contribution is -0.143. The number of halogens is 2. The van der Waals surface area contributed by atoms with Crippen LogP contribution in [0.15, 0.2) is 91.3 Å². The van der Waals surface area contributed by atoms with Gasteiger partial charge in [-0.1, -0.05) is 54.1 Å². The molecule has 51 heavy (non-hydrogen) atoms. The largest absolute Gasteiger partial charge is 0.478 e. The first-order valence-corrected chi connectivity index (χ1v) is 16.3. The highest BCUT2D eigenvalue weighted by Gasteiger charge is 2.45. The summed E-state index contributed by atoms with van der Waals surface area (Å²) in [6.07, 6.45) is 4.06. The number of hydrogen-bond acceptors (Lipinski definition) is 7. The normalized spacial score (nSPS) is 15.0. The molecule has 0 saturated carbocycles. The Morgan fingerprint density at radius 3 is 2.35 bits per heavy atom. The number of carboxylic acid groups (broad SMARTS) is 1. The molecule has 2 amide bonds. The summed E-state index contributed by atoms with van der Waals surface area (Å²) in [6.45, 7) is 3.73. The molecule has 4 aromatic carbocycles. The molecule has 0 saturated heterocycles. The lowest BCUT2D eigenvalue weighted by atomic mass is 9.76. The van der Waals surface area contributed by atoms with Gasteiger partial charge in [0, 0.05) is 36.2 Å². The number of tetrazole rings is 1. The first kappa shape index (κ1) is 34.8. The average Bonchev–Trinajstić information content (AvgIpc) is 3.66. The number of fused-ring (bicyclic) bond motifs is 1. The zero-order valence-corrected chi connectivity index (χ0v) is 28.6. The van der Waals surface area contributed by atoms with Gasteiger partial charge in [-0.25, -0.2) is 9.18 Å². The third-order valence-electron chi connectivity index (χ3n) is 8.93. The Hall–Kier alpha value is -6.01. The van der Waals surface area contributed by atoms with Crippen LogP contribution in [0.5, 0.6) is 0 Å². The Morgan fingerprint density at radius 2 is 1.71 bits per heavy atom. The van der Waals surface area contributed by atoms with Crippen LogP contribution < -0.4 is 5.32 Å². The maximum absolute atomic E-state index is 15.4. The standard InChI is InChI=1S/C38H32ClFN6O5/c1-38(2)20-29-26(23-11-13-24(14-12-23)36(49)41-3)5-4-6-27(29)35(32(47)19-22-7-9-25(10-8-22)37(50)51)46(38)33(48)18-15-28-31(45-21-42-43-44-45)17-16-30(39)34(28)40/h4-18,21,35H,19-20H2,1-3H3,(H,41,49)(H,50,51)/b18-15+/t35-/m0/s1. The number of carboxylic acids is 1. The zero-order valence-electron chi connectivity index (χ0n) is 27.8. The molecule has 13 heteroatoms. The van der Waals surface area contributed by atoms with Crippen molar-refractivity contribution in [2.24, 2.45) is 0 Å². The molecular weight excluding hydrogens is 675 g/mol. The third kappa shape index (κ3) is 6.90. The second-order valence-corrected chi connectivity index (χ2v) is 13.1. The predicted molar refractivity (Wildman–Crippen MR) is 188 cm³/mol. The first-order valence-electron chi connectivity index (χ1n) is 15.9. The average molecular weight is 707 g/mol. The van der Waals surface area contributed by atoms with Gasteiger partial charge in [-0.15, -0.1) is 5.10 Å². The fourth-order valence-electron chi connectivity index (χ4n) is 6.51. The second kappa shape index (κ2) is 14.1. The maximum atomic E-state index is 15.4. The van der Waals surface area contributed by atoms with E-state index in [1.807, 2.05) is 44.2 Å². The minimum atomic E-state index is -1.09. The summed E-state index contributed by atoms with van der Waals surface area (Å²) in [7, 11) is 1.56. The molecule has 1 aromatic heterocycles. The summed E-state index contributed by atoms with van der Waals surface area (Å²) in [5.41, 5.74) is 3.62. The van der Waals surface area contributed by atoms with Gasteiger partial charge in [0.05, 0.1) is 16.3 Å². The van der Waals surface area contributed by atoms with E-state index in [0.29, 0.717) is 23.1 Å². The number of Topliss-reactive ketones (excluding diaryl/α,β-unsaturated/α-hetero) is 1. The van der Waals surface area contributed by atoms with E-state index in [1.165, 1.54) is 52.3 Å². The van der Waals surface area contributed by atoms with Crippen LogP contribution in [0, 0.1) is 5.82 Å². The lowest BCUT2D eigenvalue weighted by Crippen LogP contribution is -2.55. The van der Waals surface area contributed by atoms with Crippen molar-refractivity contribution in [3.05, 3.63) is 135 Å². The number of aromatic carboxylic acids is 1. The Morgan fingerprint density at radius 1 is 1.00 bits per heavy atom. The molecule has 1 aliphatic rings. The molecular formula is C38H32ClFN6O5. The number of aromatic nitrogens is 4. The molecule has 5 aromatic rings. The number of carbonyl (C=O) groups excluding carboxylic acids is 3. The Bertz CT molecular complexity index is 2180. The number of ketones is 1. The number of amides is 2. The quantitative estimate of drug-likeness (QED) is 0.180. The fraction of sp³-hybridized carbons (Fsp3) is 0.184. The van der Waals surface area contributed by atoms with Gasteiger partial charge in [-0.2, -0.15) is 4.68 Å². The fourth-order valence-corrected chi connectivity index (χ4v) is 6.67. The van der Waals surface area contributed by atoms with Crippen LogP contribution in [0.25, 0.3) is 22.9 Å². The highest BCUT2D eigenvalue weighted by molar-refractivity contribution is 6.31. The van der Waals surface area contributed by atoms with E-state index >= 15 is 4.39 Å². The molecule has 11 nitrogen and oxygen atoms in total. The number of hydrogen-bond donors (Lipinski definition) is 2. The molecule has 0 aliphatic carbocycles. The summed E-state index contributed by atoms with van der Waals surface area (Å²) in [6, 6.07) is 20.6. The molecule has 6 rings (SSSR count). The van der Waals surface area contributed by atoms with Crippen molar-refractivity contribution in [1.82, 2.24) is 30.4 Å². The highest BCUT2D eigenvalue weighted by Crippen LogP contribution is 2.44. The summed E-state index contributed by atoms with van der Waals surface area (Å²) < 4.78 is 16.7. The van der Waals surface area contributed by atoms with Gasteiger partial charge in [-0.05, 0) is 101 Å². The molecule has 0 spiro atoms. The van der Waals surface area contributed by atoms with Gasteiger partial charge >= 0.3 is 5.97 Å². The van der Waals surface area contributed by atoms with Gasteiger partial charge in [0.1, 0.15) is 12.4 Å². The summed E-state index contributed by atoms with van der Waals surface area (Å²) in [5.74, 6) is -2.93. The van der Waals surface area contributed by atoms with Crippen molar-refractivity contribution < 1.29 is 28.7 Å². The SMILES string of the molecule is CNC(=O)c1ccc(-c2cccc3c2CC(C)(C)N(C(=O)/C=C/c2c(-n4cnnn4)ccc(Cl)c2F)[C@@H]3C(=O)Cc2ccc(C(=O)O)cc2)cc1. The van der Waals surface area contributed by atoms with Gasteiger partial charge in [0.25, 0.3) is 5.91 Å². The number of benzene rings is 4. The molecule has 0 unspecified atom stereocenters. The minimum absolute atomic E-state index is 0.0257. The van der Waals surface area contributed by atoms with E-state index in [-0.39, 0.29) is 39.9 Å². The van der Waals surface area contributed by atoms with Crippen LogP contribution >= 0.6 is 11.6 Å². The minimum Gasteiger partial charge on any atom is -0.478 e. The number of carbonyl (C=O) groups is 4. The first-order chi connectivity index (χ1) is 24.4. The lowest BCUT2D eigenvalue weighted by Gasteiger charge is -2.48. The van der Waals surface area contributed by atoms with Crippen molar-refractivity contribution >= 4 is 41.2 Å².